The van der Waals surface area contributed by atoms with Crippen molar-refractivity contribution in [2.75, 3.05) is 18.0 Å². The van der Waals surface area contributed by atoms with Crippen molar-refractivity contribution in [1.29, 1.82) is 0 Å². The van der Waals surface area contributed by atoms with E-state index in [-0.39, 0.29) is 0 Å². The Balaban J connectivity index is 2.71. The SMILES string of the molecule is CC[CH]c1ccc(N(CC)CC)cc1. The molecular formula is C13H20N. The van der Waals surface area contributed by atoms with Crippen LogP contribution in [0.5, 0.6) is 0 Å². The van der Waals surface area contributed by atoms with Gasteiger partial charge in [-0.1, -0.05) is 19.1 Å². The smallest absolute Gasteiger partial charge is 0.0366 e. The summed E-state index contributed by atoms with van der Waals surface area (Å²) in [7, 11) is 0. The van der Waals surface area contributed by atoms with Crippen LogP contribution in [0.3, 0.4) is 0 Å². The van der Waals surface area contributed by atoms with E-state index >= 15 is 0 Å². The molecule has 0 unspecified atom stereocenters. The van der Waals surface area contributed by atoms with Gasteiger partial charge in [0.2, 0.25) is 0 Å². The van der Waals surface area contributed by atoms with Crippen molar-refractivity contribution in [1.82, 2.24) is 0 Å². The molecule has 0 heterocycles. The van der Waals surface area contributed by atoms with Crippen molar-refractivity contribution < 1.29 is 0 Å². The molecule has 1 aromatic rings. The average Bonchev–Trinajstić information content (AvgIpc) is 2.23. The van der Waals surface area contributed by atoms with Crippen LogP contribution in [0.1, 0.15) is 32.8 Å². The van der Waals surface area contributed by atoms with Crippen LogP contribution in [0.25, 0.3) is 0 Å². The quantitative estimate of drug-likeness (QED) is 0.687. The molecule has 1 aromatic carbocycles. The van der Waals surface area contributed by atoms with E-state index in [1.807, 2.05) is 0 Å². The Morgan fingerprint density at radius 3 is 2.00 bits per heavy atom. The molecular weight excluding hydrogens is 170 g/mol. The summed E-state index contributed by atoms with van der Waals surface area (Å²) in [6.45, 7) is 8.70. The van der Waals surface area contributed by atoms with E-state index in [0.29, 0.717) is 0 Å². The maximum atomic E-state index is 2.36. The Bertz CT molecular complexity index is 246. The van der Waals surface area contributed by atoms with Crippen LogP contribution in [-0.4, -0.2) is 13.1 Å². The lowest BCUT2D eigenvalue weighted by molar-refractivity contribution is 0.866. The molecule has 1 heteroatoms. The third kappa shape index (κ3) is 2.76. The molecule has 0 atom stereocenters. The van der Waals surface area contributed by atoms with Crippen LogP contribution < -0.4 is 4.90 Å². The van der Waals surface area contributed by atoms with Crippen molar-refractivity contribution in [2.45, 2.75) is 27.2 Å². The molecule has 0 bridgehead atoms. The van der Waals surface area contributed by atoms with Crippen molar-refractivity contribution in [2.24, 2.45) is 0 Å². The summed E-state index contributed by atoms with van der Waals surface area (Å²) in [5.41, 5.74) is 2.65. The van der Waals surface area contributed by atoms with Crippen LogP contribution in [-0.2, 0) is 0 Å². The molecule has 0 N–H and O–H groups in total. The minimum atomic E-state index is 1.08. The molecule has 0 amide bonds. The Labute approximate surface area is 87.7 Å². The molecule has 0 aromatic heterocycles. The molecule has 77 valence electrons. The summed E-state index contributed by atoms with van der Waals surface area (Å²) < 4.78 is 0. The molecule has 14 heavy (non-hydrogen) atoms. The van der Waals surface area contributed by atoms with E-state index in [4.69, 9.17) is 0 Å². The van der Waals surface area contributed by atoms with Crippen molar-refractivity contribution >= 4 is 5.69 Å². The Hall–Kier alpha value is -0.980. The summed E-state index contributed by atoms with van der Waals surface area (Å²) in [4.78, 5) is 2.36. The zero-order valence-electron chi connectivity index (χ0n) is 9.46. The molecule has 1 nitrogen and oxygen atoms in total. The first-order valence-electron chi connectivity index (χ1n) is 5.50. The Kier molecular flexibility index (Phi) is 4.51. The second kappa shape index (κ2) is 5.69. The van der Waals surface area contributed by atoms with E-state index < -0.39 is 0 Å². The molecule has 0 saturated heterocycles. The van der Waals surface area contributed by atoms with Gasteiger partial charge in [0.25, 0.3) is 0 Å². The van der Waals surface area contributed by atoms with Crippen molar-refractivity contribution in [3.63, 3.8) is 0 Å². The van der Waals surface area contributed by atoms with E-state index in [9.17, 15) is 0 Å². The lowest BCUT2D eigenvalue weighted by Crippen LogP contribution is -2.21. The molecule has 0 spiro atoms. The number of benzene rings is 1. The van der Waals surface area contributed by atoms with E-state index in [0.717, 1.165) is 19.5 Å². The topological polar surface area (TPSA) is 3.24 Å². The average molecular weight is 190 g/mol. The Morgan fingerprint density at radius 1 is 1.00 bits per heavy atom. The van der Waals surface area contributed by atoms with Gasteiger partial charge in [-0.25, -0.2) is 0 Å². The number of hydrogen-bond acceptors (Lipinski definition) is 1. The van der Waals surface area contributed by atoms with Crippen LogP contribution in [0.2, 0.25) is 0 Å². The molecule has 1 rings (SSSR count). The summed E-state index contributed by atoms with van der Waals surface area (Å²) in [5, 5.41) is 0. The maximum Gasteiger partial charge on any atom is 0.0366 e. The largest absolute Gasteiger partial charge is 0.372 e. The monoisotopic (exact) mass is 190 g/mol. The van der Waals surface area contributed by atoms with E-state index in [2.05, 4.69) is 56.4 Å². The molecule has 0 fully saturated rings. The van der Waals surface area contributed by atoms with Gasteiger partial charge in [0.1, 0.15) is 0 Å². The van der Waals surface area contributed by atoms with Gasteiger partial charge in [0.15, 0.2) is 0 Å². The van der Waals surface area contributed by atoms with Gasteiger partial charge < -0.3 is 4.90 Å². The highest BCUT2D eigenvalue weighted by atomic mass is 15.1. The summed E-state index contributed by atoms with van der Waals surface area (Å²) in [6, 6.07) is 8.79. The van der Waals surface area contributed by atoms with Gasteiger partial charge in [-0.05, 0) is 44.4 Å². The third-order valence-electron chi connectivity index (χ3n) is 2.46. The number of anilines is 1. The van der Waals surface area contributed by atoms with Crippen molar-refractivity contribution in [3.8, 4) is 0 Å². The maximum absolute atomic E-state index is 2.36. The predicted octanol–water partition coefficient (Wildman–Crippen LogP) is 3.50. The molecule has 1 radical (unpaired) electrons. The lowest BCUT2D eigenvalue weighted by atomic mass is 10.1. The van der Waals surface area contributed by atoms with Crippen LogP contribution in [0.15, 0.2) is 24.3 Å². The fourth-order valence-electron chi connectivity index (χ4n) is 1.65. The second-order valence-corrected chi connectivity index (χ2v) is 3.38. The van der Waals surface area contributed by atoms with Crippen LogP contribution in [0, 0.1) is 6.42 Å². The zero-order valence-corrected chi connectivity index (χ0v) is 9.46. The van der Waals surface area contributed by atoms with Gasteiger partial charge in [-0.15, -0.1) is 0 Å². The lowest BCUT2D eigenvalue weighted by Gasteiger charge is -2.21. The van der Waals surface area contributed by atoms with Gasteiger partial charge in [0.05, 0.1) is 0 Å². The molecule has 0 saturated carbocycles. The first kappa shape index (κ1) is 11.1. The standard InChI is InChI=1S/C13H20N/c1-4-7-12-8-10-13(11-9-12)14(5-2)6-3/h7-11H,4-6H2,1-3H3. The summed E-state index contributed by atoms with van der Waals surface area (Å²) >= 11 is 0. The fraction of sp³-hybridized carbons (Fsp3) is 0.462. The van der Waals surface area contributed by atoms with Gasteiger partial charge in [0, 0.05) is 18.8 Å². The Morgan fingerprint density at radius 2 is 1.57 bits per heavy atom. The zero-order chi connectivity index (χ0) is 10.4. The molecule has 0 aliphatic carbocycles. The van der Waals surface area contributed by atoms with E-state index in [1.165, 1.54) is 11.3 Å². The molecule has 0 aliphatic rings. The highest BCUT2D eigenvalue weighted by Crippen LogP contribution is 2.16. The highest BCUT2D eigenvalue weighted by Gasteiger charge is 2.00. The van der Waals surface area contributed by atoms with Crippen molar-refractivity contribution in [3.05, 3.63) is 36.2 Å². The van der Waals surface area contributed by atoms with E-state index in [1.54, 1.807) is 0 Å². The summed E-state index contributed by atoms with van der Waals surface area (Å²) in [5.74, 6) is 0. The first-order valence-corrected chi connectivity index (χ1v) is 5.50. The molecule has 0 aliphatic heterocycles. The fourth-order valence-corrected chi connectivity index (χ4v) is 1.65. The highest BCUT2D eigenvalue weighted by molar-refractivity contribution is 5.48. The minimum absolute atomic E-state index is 1.08. The number of rotatable bonds is 5. The van der Waals surface area contributed by atoms with Crippen LogP contribution in [0.4, 0.5) is 5.69 Å². The third-order valence-corrected chi connectivity index (χ3v) is 2.46. The van der Waals surface area contributed by atoms with Crippen LogP contribution >= 0.6 is 0 Å². The first-order chi connectivity index (χ1) is 6.81. The number of hydrogen-bond donors (Lipinski definition) is 0. The second-order valence-electron chi connectivity index (χ2n) is 3.38. The predicted molar refractivity (Wildman–Crippen MR) is 63.7 cm³/mol. The van der Waals surface area contributed by atoms with Gasteiger partial charge in [-0.2, -0.15) is 0 Å². The van der Waals surface area contributed by atoms with Gasteiger partial charge in [-0.3, -0.25) is 0 Å². The van der Waals surface area contributed by atoms with Gasteiger partial charge >= 0.3 is 0 Å². The normalized spacial score (nSPS) is 10.2. The summed E-state index contributed by atoms with van der Waals surface area (Å²) in [6.07, 6.45) is 3.34. The minimum Gasteiger partial charge on any atom is -0.372 e. The number of nitrogens with zero attached hydrogens (tertiary/aromatic N) is 1.